The molecule has 0 aliphatic heterocycles. The largest absolute Gasteiger partial charge is 0.455 e. The summed E-state index contributed by atoms with van der Waals surface area (Å²) in [6.45, 7) is 0. The summed E-state index contributed by atoms with van der Waals surface area (Å²) < 4.78 is 11.7. The van der Waals surface area contributed by atoms with Crippen LogP contribution in [0.1, 0.15) is 0 Å². The smallest absolute Gasteiger partial charge is 0.167 e. The first-order valence-corrected chi connectivity index (χ1v) is 22.7. The Kier molecular flexibility index (Phi) is 7.79. The average molecular weight is 847 g/mol. The summed E-state index contributed by atoms with van der Waals surface area (Å²) in [6.07, 6.45) is 0. The number of hydrogen-bond donors (Lipinski definition) is 0. The molecular formula is C59H34N4OS. The Morgan fingerprint density at radius 3 is 1.94 bits per heavy atom. The van der Waals surface area contributed by atoms with Crippen molar-refractivity contribution in [1.82, 2.24) is 19.5 Å². The lowest BCUT2D eigenvalue weighted by molar-refractivity contribution is 0.670. The van der Waals surface area contributed by atoms with E-state index >= 15 is 0 Å². The molecule has 0 atom stereocenters. The SMILES string of the molecule is c1ccc(-c2cccc(-c3nc(-c4cccc5c4oc4ccc6ccc(-n7c8ccccc8c8cc9ccccc9cc87)cc6c45)nc(-c4cccc5c4sc4ccccc45)n3)c2)cc1. The van der Waals surface area contributed by atoms with Crippen LogP contribution in [0.2, 0.25) is 0 Å². The molecule has 0 saturated heterocycles. The van der Waals surface area contributed by atoms with Crippen LogP contribution in [0.25, 0.3) is 136 Å². The van der Waals surface area contributed by atoms with Crippen molar-refractivity contribution in [3.8, 4) is 51.0 Å². The molecule has 0 saturated carbocycles. The van der Waals surface area contributed by atoms with E-state index in [-0.39, 0.29) is 0 Å². The predicted octanol–water partition coefficient (Wildman–Crippen LogP) is 16.2. The van der Waals surface area contributed by atoms with Gasteiger partial charge in [-0.25, -0.2) is 15.0 Å². The molecule has 14 aromatic rings. The lowest BCUT2D eigenvalue weighted by Crippen LogP contribution is -2.00. The molecule has 0 spiro atoms. The minimum atomic E-state index is 0.556. The number of benzene rings is 10. The quantitative estimate of drug-likeness (QED) is 0.173. The van der Waals surface area contributed by atoms with Gasteiger partial charge in [0.1, 0.15) is 11.2 Å². The number of aromatic nitrogens is 4. The van der Waals surface area contributed by atoms with E-state index in [4.69, 9.17) is 19.4 Å². The molecule has 0 radical (unpaired) electrons. The second-order valence-electron chi connectivity index (χ2n) is 16.7. The number of para-hydroxylation sites is 2. The van der Waals surface area contributed by atoms with Gasteiger partial charge >= 0.3 is 0 Å². The zero-order valence-electron chi connectivity index (χ0n) is 34.7. The van der Waals surface area contributed by atoms with Gasteiger partial charge in [-0.1, -0.05) is 146 Å². The van der Waals surface area contributed by atoms with E-state index in [2.05, 4.69) is 205 Å². The van der Waals surface area contributed by atoms with Gasteiger partial charge in [0.2, 0.25) is 0 Å². The fraction of sp³-hybridized carbons (Fsp3) is 0. The summed E-state index contributed by atoms with van der Waals surface area (Å²) in [5.74, 6) is 1.78. The number of thiophene rings is 1. The standard InChI is InChI=1S/C59H34N4OS/c1-2-13-35(14-3-1)37-17-10-18-40(31-37)57-60-58(62-59(61-57)47-24-11-21-44-43-20-7-9-26-53(43)65-56(44)47)46-23-12-22-45-54-48-34-41(29-27-36(48)28-30-52(54)64-55(45)46)63-50-25-8-6-19-42(50)49-32-38-15-4-5-16-39(38)33-51(49)63/h1-34H. The van der Waals surface area contributed by atoms with Crippen LogP contribution in [0, 0.1) is 0 Å². The third-order valence-electron chi connectivity index (χ3n) is 13.0. The molecule has 10 aromatic carbocycles. The van der Waals surface area contributed by atoms with Crippen LogP contribution < -0.4 is 0 Å². The summed E-state index contributed by atoms with van der Waals surface area (Å²) in [6, 6.07) is 73.3. The van der Waals surface area contributed by atoms with Gasteiger partial charge in [-0.2, -0.15) is 0 Å². The topological polar surface area (TPSA) is 56.7 Å². The number of hydrogen-bond acceptors (Lipinski definition) is 5. The Bertz CT molecular complexity index is 4260. The molecule has 0 amide bonds. The minimum absolute atomic E-state index is 0.556. The second-order valence-corrected chi connectivity index (χ2v) is 17.8. The molecule has 4 heterocycles. The van der Waals surface area contributed by atoms with E-state index in [1.807, 2.05) is 6.07 Å². The maximum atomic E-state index is 6.94. The van der Waals surface area contributed by atoms with Gasteiger partial charge in [0.05, 0.1) is 16.6 Å². The highest BCUT2D eigenvalue weighted by atomic mass is 32.1. The average Bonchev–Trinajstić information content (AvgIpc) is 4.05. The van der Waals surface area contributed by atoms with Gasteiger partial charge in [0.25, 0.3) is 0 Å². The van der Waals surface area contributed by atoms with Gasteiger partial charge in [0, 0.05) is 58.5 Å². The highest BCUT2D eigenvalue weighted by Gasteiger charge is 2.22. The Labute approximate surface area is 376 Å². The lowest BCUT2D eigenvalue weighted by Gasteiger charge is -2.11. The monoisotopic (exact) mass is 846 g/mol. The molecule has 0 unspecified atom stereocenters. The van der Waals surface area contributed by atoms with Crippen LogP contribution in [0.3, 0.4) is 0 Å². The molecule has 5 nitrogen and oxygen atoms in total. The Morgan fingerprint density at radius 2 is 1.05 bits per heavy atom. The van der Waals surface area contributed by atoms with Crippen molar-refractivity contribution in [2.75, 3.05) is 0 Å². The molecule has 0 N–H and O–H groups in total. The third-order valence-corrected chi connectivity index (χ3v) is 14.2. The van der Waals surface area contributed by atoms with Crippen LogP contribution >= 0.6 is 11.3 Å². The fourth-order valence-electron chi connectivity index (χ4n) is 9.99. The van der Waals surface area contributed by atoms with Crippen LogP contribution in [0.5, 0.6) is 0 Å². The first kappa shape index (κ1) is 36.1. The van der Waals surface area contributed by atoms with Gasteiger partial charge in [-0.05, 0) is 93.3 Å². The lowest BCUT2D eigenvalue weighted by atomic mass is 10.0. The zero-order valence-corrected chi connectivity index (χ0v) is 35.6. The van der Waals surface area contributed by atoms with E-state index in [0.29, 0.717) is 17.5 Å². The Morgan fingerprint density at radius 1 is 0.385 bits per heavy atom. The second kappa shape index (κ2) is 14.0. The fourth-order valence-corrected chi connectivity index (χ4v) is 11.2. The molecule has 65 heavy (non-hydrogen) atoms. The summed E-state index contributed by atoms with van der Waals surface area (Å²) >= 11 is 1.77. The number of furan rings is 1. The van der Waals surface area contributed by atoms with Crippen LogP contribution in [0.15, 0.2) is 211 Å². The molecular weight excluding hydrogens is 813 g/mol. The Hall–Kier alpha value is -8.45. The van der Waals surface area contributed by atoms with Crippen molar-refractivity contribution >= 4 is 96.8 Å². The van der Waals surface area contributed by atoms with E-state index < -0.39 is 0 Å². The maximum Gasteiger partial charge on any atom is 0.167 e. The molecule has 0 aliphatic rings. The molecule has 6 heteroatoms. The third kappa shape index (κ3) is 5.61. The maximum absolute atomic E-state index is 6.94. The summed E-state index contributed by atoms with van der Waals surface area (Å²) in [7, 11) is 0. The van der Waals surface area contributed by atoms with E-state index in [9.17, 15) is 0 Å². The Balaban J connectivity index is 0.990. The van der Waals surface area contributed by atoms with Crippen LogP contribution in [-0.2, 0) is 0 Å². The van der Waals surface area contributed by atoms with Crippen molar-refractivity contribution in [2.45, 2.75) is 0 Å². The summed E-state index contributed by atoms with van der Waals surface area (Å²) in [5.41, 5.74) is 9.92. The van der Waals surface area contributed by atoms with Gasteiger partial charge in [-0.15, -0.1) is 11.3 Å². The van der Waals surface area contributed by atoms with Crippen molar-refractivity contribution in [3.05, 3.63) is 206 Å². The molecule has 4 aromatic heterocycles. The number of nitrogens with zero attached hydrogens (tertiary/aromatic N) is 4. The molecule has 0 bridgehead atoms. The molecule has 302 valence electrons. The van der Waals surface area contributed by atoms with Crippen molar-refractivity contribution in [2.24, 2.45) is 0 Å². The van der Waals surface area contributed by atoms with E-state index in [1.54, 1.807) is 11.3 Å². The van der Waals surface area contributed by atoms with Gasteiger partial charge in [0.15, 0.2) is 17.5 Å². The molecule has 14 rings (SSSR count). The van der Waals surface area contributed by atoms with Gasteiger partial charge in [-0.3, -0.25) is 0 Å². The van der Waals surface area contributed by atoms with E-state index in [0.717, 1.165) is 70.9 Å². The zero-order chi connectivity index (χ0) is 42.6. The van der Waals surface area contributed by atoms with Gasteiger partial charge < -0.3 is 8.98 Å². The summed E-state index contributed by atoms with van der Waals surface area (Å²) in [5, 5.41) is 11.7. The number of fused-ring (bicyclic) bond motifs is 12. The van der Waals surface area contributed by atoms with E-state index in [1.165, 1.54) is 48.1 Å². The van der Waals surface area contributed by atoms with Crippen molar-refractivity contribution < 1.29 is 4.42 Å². The van der Waals surface area contributed by atoms with Crippen molar-refractivity contribution in [1.29, 1.82) is 0 Å². The van der Waals surface area contributed by atoms with Crippen LogP contribution in [0.4, 0.5) is 0 Å². The normalized spacial score (nSPS) is 12.0. The molecule has 0 fully saturated rings. The first-order chi connectivity index (χ1) is 32.2. The summed E-state index contributed by atoms with van der Waals surface area (Å²) in [4.78, 5) is 15.9. The predicted molar refractivity (Wildman–Crippen MR) is 271 cm³/mol. The van der Waals surface area contributed by atoms with Crippen LogP contribution in [-0.4, -0.2) is 19.5 Å². The highest BCUT2D eigenvalue weighted by Crippen LogP contribution is 2.43. The molecule has 0 aliphatic carbocycles. The van der Waals surface area contributed by atoms with Crippen molar-refractivity contribution in [3.63, 3.8) is 0 Å². The highest BCUT2D eigenvalue weighted by molar-refractivity contribution is 7.26. The minimum Gasteiger partial charge on any atom is -0.455 e. The number of rotatable bonds is 5. The first-order valence-electron chi connectivity index (χ1n) is 21.8.